The Morgan fingerprint density at radius 3 is 2.56 bits per heavy atom. The standard InChI is InChI=1S/C19H22N4O3S/c1-4-26-17-13(8-7-11-16(17)25-3)12-20-23-18(21-22-19(23)27)14-9-5-6-10-15(14)24-2/h5-11,20H,4,12H2,1-3H3,(H,22,27). The minimum absolute atomic E-state index is 0.455. The van der Waals surface area contributed by atoms with Gasteiger partial charge in [-0.05, 0) is 37.3 Å². The summed E-state index contributed by atoms with van der Waals surface area (Å²) >= 11 is 5.39. The molecule has 0 aliphatic rings. The van der Waals surface area contributed by atoms with E-state index in [1.54, 1.807) is 18.9 Å². The minimum atomic E-state index is 0.455. The number of H-pyrrole nitrogens is 1. The highest BCUT2D eigenvalue weighted by atomic mass is 32.1. The lowest BCUT2D eigenvalue weighted by atomic mass is 10.2. The number of aromatic amines is 1. The van der Waals surface area contributed by atoms with E-state index in [-0.39, 0.29) is 0 Å². The van der Waals surface area contributed by atoms with Gasteiger partial charge in [0.05, 0.1) is 32.9 Å². The van der Waals surface area contributed by atoms with Crippen molar-refractivity contribution < 1.29 is 14.2 Å². The smallest absolute Gasteiger partial charge is 0.214 e. The third kappa shape index (κ3) is 3.90. The molecule has 0 bridgehead atoms. The van der Waals surface area contributed by atoms with Crippen LogP contribution >= 0.6 is 12.2 Å². The fourth-order valence-electron chi connectivity index (χ4n) is 2.79. The van der Waals surface area contributed by atoms with Crippen molar-refractivity contribution in [2.24, 2.45) is 0 Å². The maximum Gasteiger partial charge on any atom is 0.214 e. The van der Waals surface area contributed by atoms with Gasteiger partial charge in [-0.15, -0.1) is 0 Å². The van der Waals surface area contributed by atoms with Crippen LogP contribution in [-0.4, -0.2) is 35.7 Å². The molecule has 0 aliphatic heterocycles. The number of aromatic nitrogens is 3. The summed E-state index contributed by atoms with van der Waals surface area (Å²) in [7, 11) is 3.25. The summed E-state index contributed by atoms with van der Waals surface area (Å²) in [4.78, 5) is 0. The van der Waals surface area contributed by atoms with Crippen LogP contribution < -0.4 is 19.6 Å². The average molecular weight is 386 g/mol. The monoisotopic (exact) mass is 386 g/mol. The van der Waals surface area contributed by atoms with Gasteiger partial charge in [0.2, 0.25) is 4.77 Å². The molecule has 3 rings (SSSR count). The van der Waals surface area contributed by atoms with E-state index in [2.05, 4.69) is 15.6 Å². The van der Waals surface area contributed by atoms with Crippen LogP contribution in [0.1, 0.15) is 12.5 Å². The molecule has 0 atom stereocenters. The van der Waals surface area contributed by atoms with Crippen LogP contribution in [0.4, 0.5) is 0 Å². The molecule has 0 amide bonds. The zero-order valence-electron chi connectivity index (χ0n) is 15.5. The molecular formula is C19H22N4O3S. The molecule has 0 unspecified atom stereocenters. The quantitative estimate of drug-likeness (QED) is 0.574. The Kier molecular flexibility index (Phi) is 5.97. The van der Waals surface area contributed by atoms with E-state index >= 15 is 0 Å². The molecule has 2 aromatic carbocycles. The number of hydrogen-bond acceptors (Lipinski definition) is 6. The van der Waals surface area contributed by atoms with Crippen LogP contribution in [0.2, 0.25) is 0 Å². The van der Waals surface area contributed by atoms with E-state index in [4.69, 9.17) is 26.4 Å². The van der Waals surface area contributed by atoms with Crippen molar-refractivity contribution in [2.75, 3.05) is 26.3 Å². The van der Waals surface area contributed by atoms with Gasteiger partial charge in [0.1, 0.15) is 5.75 Å². The summed E-state index contributed by atoms with van der Waals surface area (Å²) in [5, 5.41) is 7.17. The Hall–Kier alpha value is -3.00. The van der Waals surface area contributed by atoms with Crippen LogP contribution in [0.15, 0.2) is 42.5 Å². The average Bonchev–Trinajstić information content (AvgIpc) is 3.07. The molecule has 0 saturated heterocycles. The molecular weight excluding hydrogens is 364 g/mol. The highest BCUT2D eigenvalue weighted by Crippen LogP contribution is 2.32. The maximum absolute atomic E-state index is 5.77. The molecule has 7 nitrogen and oxygen atoms in total. The molecule has 0 spiro atoms. The molecule has 0 radical (unpaired) electrons. The summed E-state index contributed by atoms with van der Waals surface area (Å²) in [6, 6.07) is 13.4. The SMILES string of the molecule is CCOc1c(CNn2c(-c3ccccc3OC)n[nH]c2=S)cccc1OC. The number of nitrogens with one attached hydrogen (secondary N) is 2. The first-order valence-corrected chi connectivity index (χ1v) is 8.93. The van der Waals surface area contributed by atoms with Crippen LogP contribution in [0.25, 0.3) is 11.4 Å². The minimum Gasteiger partial charge on any atom is -0.496 e. The normalized spacial score (nSPS) is 10.5. The van der Waals surface area contributed by atoms with E-state index in [1.165, 1.54) is 0 Å². The van der Waals surface area contributed by atoms with E-state index in [1.807, 2.05) is 49.4 Å². The fraction of sp³-hybridized carbons (Fsp3) is 0.263. The molecule has 2 N–H and O–H groups in total. The molecule has 1 heterocycles. The van der Waals surface area contributed by atoms with Crippen molar-refractivity contribution in [1.29, 1.82) is 0 Å². The molecule has 8 heteroatoms. The summed E-state index contributed by atoms with van der Waals surface area (Å²) in [5.41, 5.74) is 5.08. The van der Waals surface area contributed by atoms with Gasteiger partial charge in [-0.2, -0.15) is 5.10 Å². The second-order valence-electron chi connectivity index (χ2n) is 5.60. The first kappa shape index (κ1) is 18.8. The predicted octanol–water partition coefficient (Wildman–Crippen LogP) is 3.77. The summed E-state index contributed by atoms with van der Waals surface area (Å²) in [5.74, 6) is 2.75. The van der Waals surface area contributed by atoms with Gasteiger partial charge in [-0.3, -0.25) is 0 Å². The highest BCUT2D eigenvalue weighted by molar-refractivity contribution is 7.71. The van der Waals surface area contributed by atoms with Gasteiger partial charge in [0.15, 0.2) is 17.3 Å². The summed E-state index contributed by atoms with van der Waals surface area (Å²) in [6.07, 6.45) is 0. The van der Waals surface area contributed by atoms with Crippen molar-refractivity contribution in [2.45, 2.75) is 13.5 Å². The first-order chi connectivity index (χ1) is 13.2. The van der Waals surface area contributed by atoms with Crippen molar-refractivity contribution in [3.63, 3.8) is 0 Å². The highest BCUT2D eigenvalue weighted by Gasteiger charge is 2.15. The number of ether oxygens (including phenoxy) is 3. The Balaban J connectivity index is 1.93. The van der Waals surface area contributed by atoms with E-state index < -0.39 is 0 Å². The van der Waals surface area contributed by atoms with Crippen LogP contribution in [0.5, 0.6) is 17.2 Å². The molecule has 0 fully saturated rings. The zero-order valence-corrected chi connectivity index (χ0v) is 16.3. The Morgan fingerprint density at radius 1 is 1.07 bits per heavy atom. The Bertz CT molecular complexity index is 968. The van der Waals surface area contributed by atoms with Gasteiger partial charge in [0, 0.05) is 5.56 Å². The molecule has 142 valence electrons. The van der Waals surface area contributed by atoms with Gasteiger partial charge in [-0.1, -0.05) is 24.3 Å². The van der Waals surface area contributed by atoms with E-state index in [0.717, 1.165) is 11.1 Å². The lowest BCUT2D eigenvalue weighted by molar-refractivity contribution is 0.307. The predicted molar refractivity (Wildman–Crippen MR) is 107 cm³/mol. The largest absolute Gasteiger partial charge is 0.496 e. The van der Waals surface area contributed by atoms with Gasteiger partial charge >= 0.3 is 0 Å². The van der Waals surface area contributed by atoms with Crippen LogP contribution in [0, 0.1) is 4.77 Å². The number of nitrogens with zero attached hydrogens (tertiary/aromatic N) is 2. The zero-order chi connectivity index (χ0) is 19.2. The molecule has 0 saturated carbocycles. The number of benzene rings is 2. The lowest BCUT2D eigenvalue weighted by Crippen LogP contribution is -2.17. The van der Waals surface area contributed by atoms with E-state index in [0.29, 0.717) is 41.0 Å². The fourth-order valence-corrected chi connectivity index (χ4v) is 2.98. The molecule has 27 heavy (non-hydrogen) atoms. The van der Waals surface area contributed by atoms with Crippen molar-refractivity contribution >= 4 is 12.2 Å². The third-order valence-corrected chi connectivity index (χ3v) is 4.29. The lowest BCUT2D eigenvalue weighted by Gasteiger charge is -2.16. The van der Waals surface area contributed by atoms with E-state index in [9.17, 15) is 0 Å². The van der Waals surface area contributed by atoms with Crippen molar-refractivity contribution in [3.05, 3.63) is 52.8 Å². The summed E-state index contributed by atoms with van der Waals surface area (Å²) in [6.45, 7) is 2.96. The maximum atomic E-state index is 5.77. The van der Waals surface area contributed by atoms with Crippen LogP contribution in [-0.2, 0) is 6.54 Å². The summed E-state index contributed by atoms with van der Waals surface area (Å²) < 4.78 is 18.8. The molecule has 1 aromatic heterocycles. The first-order valence-electron chi connectivity index (χ1n) is 8.53. The number of rotatable bonds is 8. The van der Waals surface area contributed by atoms with Gasteiger partial charge in [0.25, 0.3) is 0 Å². The second kappa shape index (κ2) is 8.59. The van der Waals surface area contributed by atoms with Crippen LogP contribution in [0.3, 0.4) is 0 Å². The molecule has 3 aromatic rings. The third-order valence-electron chi connectivity index (χ3n) is 4.02. The number of methoxy groups -OCH3 is 2. The second-order valence-corrected chi connectivity index (χ2v) is 5.99. The number of hydrogen-bond donors (Lipinski definition) is 2. The van der Waals surface area contributed by atoms with Gasteiger partial charge in [-0.25, -0.2) is 9.77 Å². The van der Waals surface area contributed by atoms with Crippen molar-refractivity contribution in [1.82, 2.24) is 14.9 Å². The topological polar surface area (TPSA) is 73.3 Å². The van der Waals surface area contributed by atoms with Crippen molar-refractivity contribution in [3.8, 4) is 28.6 Å². The number of para-hydroxylation sites is 2. The Labute approximate surface area is 162 Å². The van der Waals surface area contributed by atoms with Gasteiger partial charge < -0.3 is 19.6 Å². The molecule has 0 aliphatic carbocycles. The Morgan fingerprint density at radius 2 is 1.81 bits per heavy atom.